The lowest BCUT2D eigenvalue weighted by Crippen LogP contribution is -2.41. The maximum atomic E-state index is 12.9. The van der Waals surface area contributed by atoms with Crippen LogP contribution in [0.1, 0.15) is 18.4 Å². The van der Waals surface area contributed by atoms with Crippen LogP contribution < -0.4 is 0 Å². The molecule has 0 spiro atoms. The molecular formula is C20H29FN2O3. The molecule has 0 saturated carbocycles. The number of hydrogen-bond acceptors (Lipinski definition) is 4. The van der Waals surface area contributed by atoms with E-state index >= 15 is 0 Å². The van der Waals surface area contributed by atoms with Crippen molar-refractivity contribution in [2.45, 2.75) is 19.3 Å². The first-order valence-corrected chi connectivity index (χ1v) is 9.59. The summed E-state index contributed by atoms with van der Waals surface area (Å²) < 4.78 is 18.3. The first-order chi connectivity index (χ1) is 12.7. The molecular weight excluding hydrogens is 335 g/mol. The maximum absolute atomic E-state index is 12.9. The molecule has 2 heterocycles. The zero-order valence-electron chi connectivity index (χ0n) is 15.3. The van der Waals surface area contributed by atoms with E-state index in [2.05, 4.69) is 4.90 Å². The highest BCUT2D eigenvalue weighted by Crippen LogP contribution is 2.25. The summed E-state index contributed by atoms with van der Waals surface area (Å²) in [6.07, 6.45) is 2.04. The van der Waals surface area contributed by atoms with E-state index in [-0.39, 0.29) is 24.2 Å². The Morgan fingerprint density at radius 2 is 1.85 bits per heavy atom. The molecule has 0 radical (unpaired) electrons. The highest BCUT2D eigenvalue weighted by Gasteiger charge is 2.35. The molecule has 2 aliphatic heterocycles. The summed E-state index contributed by atoms with van der Waals surface area (Å²) >= 11 is 0. The van der Waals surface area contributed by atoms with Gasteiger partial charge >= 0.3 is 0 Å². The van der Waals surface area contributed by atoms with E-state index in [0.717, 1.165) is 57.8 Å². The Bertz CT molecular complexity index is 575. The zero-order valence-corrected chi connectivity index (χ0v) is 15.3. The van der Waals surface area contributed by atoms with Crippen molar-refractivity contribution in [2.24, 2.45) is 11.8 Å². The molecule has 144 valence electrons. The van der Waals surface area contributed by atoms with Gasteiger partial charge in [-0.25, -0.2) is 4.39 Å². The monoisotopic (exact) mass is 364 g/mol. The predicted molar refractivity (Wildman–Crippen MR) is 97.2 cm³/mol. The summed E-state index contributed by atoms with van der Waals surface area (Å²) in [5, 5.41) is 9.70. The van der Waals surface area contributed by atoms with Crippen LogP contribution >= 0.6 is 0 Å². The topological polar surface area (TPSA) is 53.0 Å². The number of morpholine rings is 1. The summed E-state index contributed by atoms with van der Waals surface area (Å²) in [5.41, 5.74) is 1.05. The van der Waals surface area contributed by atoms with Crippen molar-refractivity contribution in [3.8, 4) is 0 Å². The van der Waals surface area contributed by atoms with Gasteiger partial charge in [0.15, 0.2) is 0 Å². The van der Waals surface area contributed by atoms with Crippen LogP contribution in [0.3, 0.4) is 0 Å². The van der Waals surface area contributed by atoms with Crippen LogP contribution in [0.15, 0.2) is 24.3 Å². The Kier molecular flexibility index (Phi) is 7.00. The van der Waals surface area contributed by atoms with Gasteiger partial charge in [0, 0.05) is 51.7 Å². The Hall–Kier alpha value is -1.50. The Morgan fingerprint density at radius 1 is 1.15 bits per heavy atom. The Labute approximate surface area is 154 Å². The predicted octanol–water partition coefficient (Wildman–Crippen LogP) is 1.55. The van der Waals surface area contributed by atoms with Gasteiger partial charge in [-0.3, -0.25) is 9.69 Å². The largest absolute Gasteiger partial charge is 0.396 e. The van der Waals surface area contributed by atoms with Gasteiger partial charge in [-0.05, 0) is 36.5 Å². The lowest BCUT2D eigenvalue weighted by Gasteiger charge is -2.30. The van der Waals surface area contributed by atoms with Crippen LogP contribution in [0.25, 0.3) is 0 Å². The number of aryl methyl sites for hydroxylation is 1. The molecule has 0 unspecified atom stereocenters. The lowest BCUT2D eigenvalue weighted by atomic mass is 9.96. The van der Waals surface area contributed by atoms with E-state index in [1.807, 2.05) is 4.90 Å². The molecule has 1 aromatic rings. The average molecular weight is 364 g/mol. The minimum Gasteiger partial charge on any atom is -0.396 e. The number of ether oxygens (including phenoxy) is 1. The van der Waals surface area contributed by atoms with E-state index in [1.54, 1.807) is 12.1 Å². The molecule has 1 N–H and O–H groups in total. The number of hydrogen-bond donors (Lipinski definition) is 1. The fourth-order valence-electron chi connectivity index (χ4n) is 3.92. The van der Waals surface area contributed by atoms with Gasteiger partial charge in [0.25, 0.3) is 0 Å². The normalized spacial score (nSPS) is 24.2. The van der Waals surface area contributed by atoms with Crippen LogP contribution in [0.4, 0.5) is 4.39 Å². The molecule has 2 aliphatic rings. The highest BCUT2D eigenvalue weighted by molar-refractivity contribution is 5.76. The van der Waals surface area contributed by atoms with E-state index in [0.29, 0.717) is 18.9 Å². The van der Waals surface area contributed by atoms with Crippen molar-refractivity contribution in [1.82, 2.24) is 9.80 Å². The van der Waals surface area contributed by atoms with Crippen LogP contribution in [0, 0.1) is 17.7 Å². The summed E-state index contributed by atoms with van der Waals surface area (Å²) in [4.78, 5) is 16.8. The SMILES string of the molecule is O=C(CCCc1ccc(F)cc1)N1C[C@@H](CO)[C@@H](CN2CCOCC2)C1. The maximum Gasteiger partial charge on any atom is 0.222 e. The second kappa shape index (κ2) is 9.44. The van der Waals surface area contributed by atoms with Crippen LogP contribution in [0.2, 0.25) is 0 Å². The van der Waals surface area contributed by atoms with Gasteiger partial charge in [0.2, 0.25) is 5.91 Å². The molecule has 0 aliphatic carbocycles. The third-order valence-electron chi connectivity index (χ3n) is 5.53. The van der Waals surface area contributed by atoms with Gasteiger partial charge < -0.3 is 14.7 Å². The molecule has 5 nitrogen and oxygen atoms in total. The number of carbonyl (C=O) groups excluding carboxylic acids is 1. The van der Waals surface area contributed by atoms with E-state index in [4.69, 9.17) is 4.74 Å². The molecule has 0 bridgehead atoms. The Morgan fingerprint density at radius 3 is 2.54 bits per heavy atom. The van der Waals surface area contributed by atoms with Gasteiger partial charge in [0.05, 0.1) is 13.2 Å². The number of halogens is 1. The summed E-state index contributed by atoms with van der Waals surface area (Å²) in [6.45, 7) is 5.84. The first kappa shape index (κ1) is 19.3. The second-order valence-electron chi connectivity index (χ2n) is 7.39. The van der Waals surface area contributed by atoms with Crippen molar-refractivity contribution in [3.05, 3.63) is 35.6 Å². The molecule has 1 aromatic carbocycles. The molecule has 3 rings (SSSR count). The van der Waals surface area contributed by atoms with E-state index < -0.39 is 0 Å². The number of aliphatic hydroxyl groups is 1. The van der Waals surface area contributed by atoms with Crippen molar-refractivity contribution in [3.63, 3.8) is 0 Å². The van der Waals surface area contributed by atoms with Gasteiger partial charge in [-0.2, -0.15) is 0 Å². The second-order valence-corrected chi connectivity index (χ2v) is 7.39. The molecule has 1 amide bonds. The van der Waals surface area contributed by atoms with Crippen LogP contribution in [-0.2, 0) is 16.0 Å². The number of nitrogens with zero attached hydrogens (tertiary/aromatic N) is 2. The summed E-state index contributed by atoms with van der Waals surface area (Å²) in [7, 11) is 0. The molecule has 2 atom stereocenters. The quantitative estimate of drug-likeness (QED) is 0.798. The average Bonchev–Trinajstić information content (AvgIpc) is 3.07. The lowest BCUT2D eigenvalue weighted by molar-refractivity contribution is -0.130. The number of rotatable bonds is 7. The number of carbonyl (C=O) groups is 1. The molecule has 6 heteroatoms. The molecule has 2 fully saturated rings. The van der Waals surface area contributed by atoms with Gasteiger partial charge in [-0.15, -0.1) is 0 Å². The number of benzene rings is 1. The number of likely N-dealkylation sites (tertiary alicyclic amines) is 1. The first-order valence-electron chi connectivity index (χ1n) is 9.59. The zero-order chi connectivity index (χ0) is 18.4. The van der Waals surface area contributed by atoms with Crippen molar-refractivity contribution in [1.29, 1.82) is 0 Å². The third-order valence-corrected chi connectivity index (χ3v) is 5.53. The Balaban J connectivity index is 1.44. The highest BCUT2D eigenvalue weighted by atomic mass is 19.1. The summed E-state index contributed by atoms with van der Waals surface area (Å²) in [6, 6.07) is 6.46. The fraction of sp³-hybridized carbons (Fsp3) is 0.650. The number of aliphatic hydroxyl groups excluding tert-OH is 1. The van der Waals surface area contributed by atoms with E-state index in [1.165, 1.54) is 12.1 Å². The summed E-state index contributed by atoms with van der Waals surface area (Å²) in [5.74, 6) is 0.427. The smallest absolute Gasteiger partial charge is 0.222 e. The van der Waals surface area contributed by atoms with Crippen molar-refractivity contribution in [2.75, 3.05) is 52.5 Å². The van der Waals surface area contributed by atoms with Crippen LogP contribution in [-0.4, -0.2) is 73.4 Å². The third kappa shape index (κ3) is 5.25. The standard InChI is InChI=1S/C20H29FN2O3/c21-19-6-4-16(5-7-19)2-1-3-20(25)23-13-17(18(14-23)15-24)12-22-8-10-26-11-9-22/h4-7,17-18,24H,1-3,8-15H2/t17-,18-/m0/s1. The fourth-order valence-corrected chi connectivity index (χ4v) is 3.92. The van der Waals surface area contributed by atoms with Crippen molar-refractivity contribution < 1.29 is 19.0 Å². The minimum atomic E-state index is -0.233. The molecule has 26 heavy (non-hydrogen) atoms. The van der Waals surface area contributed by atoms with Gasteiger partial charge in [-0.1, -0.05) is 12.1 Å². The van der Waals surface area contributed by atoms with Gasteiger partial charge in [0.1, 0.15) is 5.82 Å². The molecule has 0 aromatic heterocycles. The minimum absolute atomic E-state index is 0.133. The van der Waals surface area contributed by atoms with E-state index in [9.17, 15) is 14.3 Å². The van der Waals surface area contributed by atoms with Crippen molar-refractivity contribution >= 4 is 5.91 Å². The number of amides is 1. The van der Waals surface area contributed by atoms with Crippen LogP contribution in [0.5, 0.6) is 0 Å². The molecule has 2 saturated heterocycles.